The van der Waals surface area contributed by atoms with E-state index < -0.39 is 0 Å². The van der Waals surface area contributed by atoms with Gasteiger partial charge in [-0.15, -0.1) is 0 Å². The summed E-state index contributed by atoms with van der Waals surface area (Å²) in [7, 11) is 3.12. The van der Waals surface area contributed by atoms with E-state index in [9.17, 15) is 9.59 Å². The SMILES string of the molecule is CCCC1CCC(C(=O)Nn2c(-c3ccc(OC)c(OC)c3)nc3ccccc3c2=O)CC1. The van der Waals surface area contributed by atoms with Crippen molar-refractivity contribution in [1.82, 2.24) is 9.66 Å². The van der Waals surface area contributed by atoms with Crippen molar-refractivity contribution in [2.75, 3.05) is 19.6 Å². The predicted molar refractivity (Wildman–Crippen MR) is 129 cm³/mol. The van der Waals surface area contributed by atoms with Gasteiger partial charge < -0.3 is 9.47 Å². The Morgan fingerprint density at radius 2 is 1.79 bits per heavy atom. The number of rotatable bonds is 7. The van der Waals surface area contributed by atoms with Gasteiger partial charge in [0, 0.05) is 11.5 Å². The average Bonchev–Trinajstić information content (AvgIpc) is 2.85. The lowest BCUT2D eigenvalue weighted by Gasteiger charge is -2.28. The number of benzene rings is 2. The third kappa shape index (κ3) is 4.72. The van der Waals surface area contributed by atoms with Crippen molar-refractivity contribution in [3.63, 3.8) is 0 Å². The number of nitrogens with one attached hydrogen (secondary N) is 1. The van der Waals surface area contributed by atoms with Crippen LogP contribution >= 0.6 is 0 Å². The first-order chi connectivity index (χ1) is 16.0. The minimum atomic E-state index is -0.307. The van der Waals surface area contributed by atoms with Crippen molar-refractivity contribution >= 4 is 16.8 Å². The molecule has 0 atom stereocenters. The molecule has 174 valence electrons. The average molecular weight is 450 g/mol. The topological polar surface area (TPSA) is 82.5 Å². The molecule has 1 aliphatic carbocycles. The minimum absolute atomic E-state index is 0.102. The van der Waals surface area contributed by atoms with E-state index in [-0.39, 0.29) is 17.4 Å². The molecule has 0 spiro atoms. The molecule has 4 rings (SSSR count). The van der Waals surface area contributed by atoms with Gasteiger partial charge in [-0.1, -0.05) is 31.9 Å². The smallest absolute Gasteiger partial charge is 0.280 e. The number of amides is 1. The standard InChI is InChI=1S/C26H31N3O4/c1-4-7-17-10-12-18(13-11-17)25(30)28-29-24(19-14-15-22(32-2)23(16-19)33-3)27-21-9-6-5-8-20(21)26(29)31/h5-6,8-9,14-18H,4,7,10-13H2,1-3H3,(H,28,30). The van der Waals surface area contributed by atoms with Gasteiger partial charge in [-0.3, -0.25) is 15.0 Å². The zero-order valence-electron chi connectivity index (χ0n) is 19.5. The van der Waals surface area contributed by atoms with Gasteiger partial charge in [0.1, 0.15) is 0 Å². The van der Waals surface area contributed by atoms with E-state index in [1.165, 1.54) is 17.5 Å². The molecule has 0 saturated heterocycles. The molecule has 1 heterocycles. The first-order valence-electron chi connectivity index (χ1n) is 11.6. The van der Waals surface area contributed by atoms with Crippen LogP contribution in [0.1, 0.15) is 45.4 Å². The van der Waals surface area contributed by atoms with Gasteiger partial charge in [-0.2, -0.15) is 4.68 Å². The molecule has 1 aromatic heterocycles. The molecule has 0 unspecified atom stereocenters. The molecule has 7 nitrogen and oxygen atoms in total. The van der Waals surface area contributed by atoms with Gasteiger partial charge in [0.2, 0.25) is 5.91 Å². The Bertz CT molecular complexity index is 1200. The summed E-state index contributed by atoms with van der Waals surface area (Å²) in [5.41, 5.74) is 3.78. The van der Waals surface area contributed by atoms with E-state index in [1.807, 2.05) is 6.07 Å². The molecule has 0 bridgehead atoms. The molecule has 2 aromatic carbocycles. The van der Waals surface area contributed by atoms with Crippen LogP contribution < -0.4 is 20.5 Å². The van der Waals surface area contributed by atoms with Crippen LogP contribution in [0.2, 0.25) is 0 Å². The molecule has 1 N–H and O–H groups in total. The van der Waals surface area contributed by atoms with Crippen LogP contribution in [0.4, 0.5) is 0 Å². The third-order valence-corrected chi connectivity index (χ3v) is 6.55. The molecular weight excluding hydrogens is 418 g/mol. The minimum Gasteiger partial charge on any atom is -0.493 e. The number of carbonyl (C=O) groups is 1. The molecule has 1 aliphatic rings. The first-order valence-corrected chi connectivity index (χ1v) is 11.6. The number of carbonyl (C=O) groups excluding carboxylic acids is 1. The lowest BCUT2D eigenvalue weighted by atomic mass is 9.80. The number of aromatic nitrogens is 2. The predicted octanol–water partition coefficient (Wildman–Crippen LogP) is 4.76. The Morgan fingerprint density at radius 3 is 2.48 bits per heavy atom. The Balaban J connectivity index is 1.72. The summed E-state index contributed by atoms with van der Waals surface area (Å²) in [5, 5.41) is 0.452. The van der Waals surface area contributed by atoms with E-state index in [4.69, 9.17) is 14.5 Å². The fraction of sp³-hybridized carbons (Fsp3) is 0.423. The van der Waals surface area contributed by atoms with Crippen molar-refractivity contribution in [1.29, 1.82) is 0 Å². The lowest BCUT2D eigenvalue weighted by Crippen LogP contribution is -2.39. The van der Waals surface area contributed by atoms with E-state index in [0.29, 0.717) is 39.7 Å². The summed E-state index contributed by atoms with van der Waals surface area (Å²) in [6.07, 6.45) is 6.19. The fourth-order valence-electron chi connectivity index (χ4n) is 4.73. The van der Waals surface area contributed by atoms with Crippen LogP contribution in [-0.4, -0.2) is 29.8 Å². The van der Waals surface area contributed by atoms with Crippen LogP contribution in [0.15, 0.2) is 47.3 Å². The van der Waals surface area contributed by atoms with Gasteiger partial charge in [-0.05, 0) is 61.9 Å². The quantitative estimate of drug-likeness (QED) is 0.562. The number of nitrogens with zero attached hydrogens (tertiary/aromatic N) is 2. The maximum absolute atomic E-state index is 13.4. The third-order valence-electron chi connectivity index (χ3n) is 6.55. The van der Waals surface area contributed by atoms with Gasteiger partial charge in [0.05, 0.1) is 25.1 Å². The molecule has 0 radical (unpaired) electrons. The summed E-state index contributed by atoms with van der Waals surface area (Å²) in [6, 6.07) is 12.5. The highest BCUT2D eigenvalue weighted by Crippen LogP contribution is 2.33. The zero-order valence-corrected chi connectivity index (χ0v) is 19.5. The Hall–Kier alpha value is -3.35. The molecule has 3 aromatic rings. The van der Waals surface area contributed by atoms with Gasteiger partial charge in [0.25, 0.3) is 5.56 Å². The molecule has 0 aliphatic heterocycles. The maximum atomic E-state index is 13.4. The van der Waals surface area contributed by atoms with E-state index >= 15 is 0 Å². The number of methoxy groups -OCH3 is 2. The highest BCUT2D eigenvalue weighted by Gasteiger charge is 2.27. The fourth-order valence-corrected chi connectivity index (χ4v) is 4.73. The molecule has 7 heteroatoms. The Kier molecular flexibility index (Phi) is 6.96. The number of para-hydroxylation sites is 1. The van der Waals surface area contributed by atoms with E-state index in [2.05, 4.69) is 12.3 Å². The summed E-state index contributed by atoms with van der Waals surface area (Å²) >= 11 is 0. The van der Waals surface area contributed by atoms with Crippen LogP contribution in [-0.2, 0) is 4.79 Å². The highest BCUT2D eigenvalue weighted by atomic mass is 16.5. The number of hydrogen-bond acceptors (Lipinski definition) is 5. The van der Waals surface area contributed by atoms with Crippen molar-refractivity contribution < 1.29 is 14.3 Å². The molecular formula is C26H31N3O4. The normalized spacial score (nSPS) is 18.2. The second-order valence-corrected chi connectivity index (χ2v) is 8.65. The number of hydrogen-bond donors (Lipinski definition) is 1. The van der Waals surface area contributed by atoms with Crippen LogP contribution in [0.25, 0.3) is 22.3 Å². The molecule has 1 saturated carbocycles. The van der Waals surface area contributed by atoms with E-state index in [0.717, 1.165) is 25.7 Å². The summed E-state index contributed by atoms with van der Waals surface area (Å²) in [4.78, 5) is 31.3. The summed E-state index contributed by atoms with van der Waals surface area (Å²) in [5.74, 6) is 1.91. The van der Waals surface area contributed by atoms with Gasteiger partial charge in [0.15, 0.2) is 17.3 Å². The second-order valence-electron chi connectivity index (χ2n) is 8.65. The van der Waals surface area contributed by atoms with Crippen molar-refractivity contribution in [3.05, 3.63) is 52.8 Å². The van der Waals surface area contributed by atoms with E-state index in [1.54, 1.807) is 50.6 Å². The summed E-state index contributed by atoms with van der Waals surface area (Å²) in [6.45, 7) is 2.20. The number of fused-ring (bicyclic) bond motifs is 1. The summed E-state index contributed by atoms with van der Waals surface area (Å²) < 4.78 is 12.1. The highest BCUT2D eigenvalue weighted by molar-refractivity contribution is 5.88. The van der Waals surface area contributed by atoms with Crippen molar-refractivity contribution in [3.8, 4) is 22.9 Å². The largest absolute Gasteiger partial charge is 0.493 e. The Morgan fingerprint density at radius 1 is 1.06 bits per heavy atom. The van der Waals surface area contributed by atoms with Gasteiger partial charge >= 0.3 is 0 Å². The zero-order chi connectivity index (χ0) is 23.4. The van der Waals surface area contributed by atoms with Crippen molar-refractivity contribution in [2.24, 2.45) is 11.8 Å². The van der Waals surface area contributed by atoms with Crippen LogP contribution in [0.5, 0.6) is 11.5 Å². The van der Waals surface area contributed by atoms with Crippen LogP contribution in [0, 0.1) is 11.8 Å². The van der Waals surface area contributed by atoms with Crippen LogP contribution in [0.3, 0.4) is 0 Å². The lowest BCUT2D eigenvalue weighted by molar-refractivity contribution is -0.122. The first kappa shape index (κ1) is 22.8. The van der Waals surface area contributed by atoms with Gasteiger partial charge in [-0.25, -0.2) is 4.98 Å². The monoisotopic (exact) mass is 449 g/mol. The number of ether oxygens (including phenoxy) is 2. The maximum Gasteiger partial charge on any atom is 0.280 e. The Labute approximate surface area is 193 Å². The molecule has 33 heavy (non-hydrogen) atoms. The molecule has 1 fully saturated rings. The van der Waals surface area contributed by atoms with Crippen molar-refractivity contribution in [2.45, 2.75) is 45.4 Å². The molecule has 1 amide bonds. The second kappa shape index (κ2) is 10.1.